The molecule has 4 rings (SSSR count). The molecule has 2 aromatic carbocycles. The maximum Gasteiger partial charge on any atom is 0.255 e. The third-order valence-electron chi connectivity index (χ3n) is 6.14. The largest absolute Gasteiger partial charge is 0.507 e. The third kappa shape index (κ3) is 7.61. The van der Waals surface area contributed by atoms with Crippen molar-refractivity contribution >= 4 is 52.0 Å². The van der Waals surface area contributed by atoms with E-state index in [9.17, 15) is 14.7 Å². The Hall–Kier alpha value is -5.97. The number of hydrogen-bond acceptors (Lipinski definition) is 14. The van der Waals surface area contributed by atoms with Gasteiger partial charge in [-0.05, 0) is 43.2 Å². The molecule has 17 nitrogen and oxygen atoms in total. The molecule has 17 heteroatoms. The lowest BCUT2D eigenvalue weighted by molar-refractivity contribution is 0.0938. The molecule has 0 atom stereocenters. The van der Waals surface area contributed by atoms with E-state index in [4.69, 9.17) is 28.8 Å². The Kier molecular flexibility index (Phi) is 9.48. The van der Waals surface area contributed by atoms with Crippen molar-refractivity contribution in [1.82, 2.24) is 36.1 Å². The zero-order chi connectivity index (χ0) is 30.9. The fraction of sp³-hybridized carbons (Fsp3) is 0.192. The van der Waals surface area contributed by atoms with Gasteiger partial charge in [0.1, 0.15) is 5.75 Å². The first-order valence-corrected chi connectivity index (χ1v) is 13.0. The molecule has 2 heterocycles. The number of fused-ring (bicyclic) bond motifs is 1. The molecule has 0 spiro atoms. The molecule has 0 aliphatic carbocycles. The molecule has 0 bridgehead atoms. The highest BCUT2D eigenvalue weighted by Gasteiger charge is 2.15. The average molecular weight is 589 g/mol. The zero-order valence-corrected chi connectivity index (χ0v) is 23.0. The number of benzene rings is 2. The van der Waals surface area contributed by atoms with Gasteiger partial charge in [-0.1, -0.05) is 0 Å². The smallest absolute Gasteiger partial charge is 0.255 e. The predicted molar refractivity (Wildman–Crippen MR) is 162 cm³/mol. The Morgan fingerprint density at radius 2 is 1.58 bits per heavy atom. The number of phenolic OH excluding ortho intramolecular Hbond substituents is 1. The number of nitrogens with one attached hydrogen (secondary N) is 4. The first-order valence-electron chi connectivity index (χ1n) is 13.0. The van der Waals surface area contributed by atoms with Crippen LogP contribution in [-0.4, -0.2) is 55.8 Å². The van der Waals surface area contributed by atoms with Crippen molar-refractivity contribution in [2.45, 2.75) is 19.4 Å². The number of phenols is 1. The number of rotatable bonds is 12. The van der Waals surface area contributed by atoms with E-state index in [0.717, 1.165) is 0 Å². The van der Waals surface area contributed by atoms with Crippen LogP contribution in [0, 0.1) is 0 Å². The number of nitrogens with two attached hydrogens (primary N) is 5. The molecule has 2 aromatic heterocycles. The van der Waals surface area contributed by atoms with E-state index in [1.807, 2.05) is 0 Å². The van der Waals surface area contributed by atoms with Gasteiger partial charge in [0.05, 0.1) is 29.6 Å². The topological polar surface area (TPSA) is 297 Å². The number of carbonyl (C=O) groups excluding carboxylic acids is 2. The molecule has 0 unspecified atom stereocenters. The summed E-state index contributed by atoms with van der Waals surface area (Å²) in [6, 6.07) is 9.26. The van der Waals surface area contributed by atoms with Crippen molar-refractivity contribution in [3.05, 3.63) is 65.0 Å². The van der Waals surface area contributed by atoms with Crippen molar-refractivity contribution < 1.29 is 14.7 Å². The van der Waals surface area contributed by atoms with E-state index in [1.165, 1.54) is 24.4 Å². The standard InChI is InChI=1S/C26H32N14O3/c27-13-3-5-16(18(9-13)21(28)39-40-31)24(42)32-7-1-2-8-33-25(43)17-6-4-14(10-19(17)41)34-11-15-12-35-23-20(36-15)22(29)37-26(30)38-23/h3-6,9-10,12,34,40-41H,1-2,7-8,11,27,31H2,(H2,28,39)(H,32,42)(H,33,43)(H4,29,30,35,37,38). The fourth-order valence-corrected chi connectivity index (χ4v) is 4.04. The lowest BCUT2D eigenvalue weighted by atomic mass is 10.0. The summed E-state index contributed by atoms with van der Waals surface area (Å²) in [5.41, 5.74) is 28.1. The number of hydrazine groups is 1. The number of nitrogen functional groups attached to an aromatic ring is 3. The maximum atomic E-state index is 12.6. The van der Waals surface area contributed by atoms with Crippen LogP contribution >= 0.6 is 0 Å². The minimum atomic E-state index is -0.432. The Morgan fingerprint density at radius 3 is 2.28 bits per heavy atom. The molecule has 0 aliphatic rings. The van der Waals surface area contributed by atoms with Crippen molar-refractivity contribution in [2.24, 2.45) is 16.7 Å². The Bertz CT molecular complexity index is 1680. The summed E-state index contributed by atoms with van der Waals surface area (Å²) in [5, 5.41) is 22.8. The van der Waals surface area contributed by atoms with Gasteiger partial charge in [0.2, 0.25) is 5.95 Å². The first-order chi connectivity index (χ1) is 20.7. The normalized spacial score (nSPS) is 11.2. The van der Waals surface area contributed by atoms with Gasteiger partial charge in [0.25, 0.3) is 11.8 Å². The van der Waals surface area contributed by atoms with Gasteiger partial charge in [-0.15, -0.1) is 5.10 Å². The second kappa shape index (κ2) is 13.6. The second-order valence-electron chi connectivity index (χ2n) is 9.24. The number of aromatic hydroxyl groups is 1. The molecular weight excluding hydrogens is 556 g/mol. The van der Waals surface area contributed by atoms with Gasteiger partial charge in [-0.3, -0.25) is 9.59 Å². The molecule has 43 heavy (non-hydrogen) atoms. The van der Waals surface area contributed by atoms with Crippen molar-refractivity contribution in [3.8, 4) is 5.75 Å². The SMILES string of the molecule is NN/N=C(\N)c1cc(N)ccc1C(=O)NCCCCNC(=O)c1ccc(NCc2cnc3nc(N)nc(N)c3n2)cc1O. The highest BCUT2D eigenvalue weighted by atomic mass is 16.3. The average Bonchev–Trinajstić information content (AvgIpc) is 2.97. The van der Waals surface area contributed by atoms with Gasteiger partial charge in [0.15, 0.2) is 22.8 Å². The summed E-state index contributed by atoms with van der Waals surface area (Å²) in [6.45, 7) is 0.952. The molecule has 224 valence electrons. The van der Waals surface area contributed by atoms with Crippen LogP contribution in [0.1, 0.15) is 44.8 Å². The van der Waals surface area contributed by atoms with Crippen LogP contribution in [0.5, 0.6) is 5.75 Å². The Labute approximate surface area is 245 Å². The van der Waals surface area contributed by atoms with Crippen LogP contribution in [0.15, 0.2) is 47.7 Å². The number of hydrazone groups is 1. The number of aromatic nitrogens is 4. The summed E-state index contributed by atoms with van der Waals surface area (Å²) in [5.74, 6) is 4.34. The van der Waals surface area contributed by atoms with Gasteiger partial charge in [-0.25, -0.2) is 21.3 Å². The van der Waals surface area contributed by atoms with E-state index in [1.54, 1.807) is 18.2 Å². The summed E-state index contributed by atoms with van der Waals surface area (Å²) in [6.07, 6.45) is 2.69. The van der Waals surface area contributed by atoms with Gasteiger partial charge in [0, 0.05) is 36.1 Å². The Morgan fingerprint density at radius 1 is 0.884 bits per heavy atom. The maximum absolute atomic E-state index is 12.6. The lowest BCUT2D eigenvalue weighted by Crippen LogP contribution is -2.30. The molecule has 0 fully saturated rings. The van der Waals surface area contributed by atoms with Crippen molar-refractivity contribution in [3.63, 3.8) is 0 Å². The van der Waals surface area contributed by atoms with Gasteiger partial charge < -0.3 is 44.0 Å². The number of hydrogen-bond donors (Lipinski definition) is 10. The number of nitrogens with zero attached hydrogens (tertiary/aromatic N) is 5. The van der Waals surface area contributed by atoms with Crippen LogP contribution in [0.4, 0.5) is 23.1 Å². The zero-order valence-electron chi connectivity index (χ0n) is 23.0. The number of carbonyl (C=O) groups is 2. The van der Waals surface area contributed by atoms with Crippen LogP contribution in [-0.2, 0) is 6.54 Å². The molecule has 2 amide bonds. The first kappa shape index (κ1) is 30.0. The number of amidine groups is 1. The van der Waals surface area contributed by atoms with Crippen LogP contribution in [0.2, 0.25) is 0 Å². The molecule has 15 N–H and O–H groups in total. The monoisotopic (exact) mass is 588 g/mol. The van der Waals surface area contributed by atoms with Gasteiger partial charge in [-0.2, -0.15) is 9.97 Å². The highest BCUT2D eigenvalue weighted by Crippen LogP contribution is 2.23. The molecule has 0 saturated carbocycles. The third-order valence-corrected chi connectivity index (χ3v) is 6.14. The van der Waals surface area contributed by atoms with Crippen molar-refractivity contribution in [1.29, 1.82) is 0 Å². The van der Waals surface area contributed by atoms with E-state index in [-0.39, 0.29) is 47.0 Å². The molecule has 4 aromatic rings. The van der Waals surface area contributed by atoms with E-state index in [0.29, 0.717) is 59.6 Å². The molecule has 0 saturated heterocycles. The van der Waals surface area contributed by atoms with Crippen LogP contribution < -0.4 is 50.3 Å². The van der Waals surface area contributed by atoms with Crippen LogP contribution in [0.3, 0.4) is 0 Å². The number of anilines is 4. The quantitative estimate of drug-likeness (QED) is 0.0249. The lowest BCUT2D eigenvalue weighted by Gasteiger charge is -2.12. The summed E-state index contributed by atoms with van der Waals surface area (Å²) in [4.78, 5) is 41.7. The highest BCUT2D eigenvalue weighted by molar-refractivity contribution is 6.09. The molecule has 0 aliphatic heterocycles. The van der Waals surface area contributed by atoms with E-state index >= 15 is 0 Å². The fourth-order valence-electron chi connectivity index (χ4n) is 4.04. The minimum absolute atomic E-state index is 0.0115. The van der Waals surface area contributed by atoms with Crippen LogP contribution in [0.25, 0.3) is 11.2 Å². The Balaban J connectivity index is 1.22. The molecule has 0 radical (unpaired) electrons. The van der Waals surface area contributed by atoms with E-state index < -0.39 is 5.91 Å². The predicted octanol–water partition coefficient (Wildman–Crippen LogP) is -0.492. The summed E-state index contributed by atoms with van der Waals surface area (Å²) < 4.78 is 0. The second-order valence-corrected chi connectivity index (χ2v) is 9.24. The van der Waals surface area contributed by atoms with Crippen molar-refractivity contribution in [2.75, 3.05) is 35.6 Å². The van der Waals surface area contributed by atoms with Gasteiger partial charge >= 0.3 is 0 Å². The van der Waals surface area contributed by atoms with E-state index in [2.05, 4.69) is 46.5 Å². The summed E-state index contributed by atoms with van der Waals surface area (Å²) >= 11 is 0. The molecular formula is C26H32N14O3. The number of unbranched alkanes of at least 4 members (excludes halogenated alkanes) is 1. The number of amides is 2. The summed E-state index contributed by atoms with van der Waals surface area (Å²) in [7, 11) is 0. The minimum Gasteiger partial charge on any atom is -0.507 e.